The van der Waals surface area contributed by atoms with Gasteiger partial charge in [0.1, 0.15) is 0 Å². The van der Waals surface area contributed by atoms with Gasteiger partial charge >= 0.3 is 5.97 Å². The molecular formula is C12H15NO2. The second-order valence-electron chi connectivity index (χ2n) is 3.23. The molecule has 0 aliphatic heterocycles. The zero-order chi connectivity index (χ0) is 11.1. The maximum Gasteiger partial charge on any atom is 0.331 e. The van der Waals surface area contributed by atoms with E-state index in [9.17, 15) is 4.79 Å². The highest BCUT2D eigenvalue weighted by molar-refractivity contribution is 5.81. The monoisotopic (exact) mass is 205 g/mol. The lowest BCUT2D eigenvalue weighted by Crippen LogP contribution is -2.06. The van der Waals surface area contributed by atoms with Crippen LogP contribution >= 0.6 is 0 Å². The van der Waals surface area contributed by atoms with Crippen molar-refractivity contribution in [2.75, 3.05) is 7.11 Å². The summed E-state index contributed by atoms with van der Waals surface area (Å²) in [5.41, 5.74) is 2.41. The van der Waals surface area contributed by atoms with E-state index in [2.05, 4.69) is 16.1 Å². The first kappa shape index (κ1) is 11.3. The van der Waals surface area contributed by atoms with Gasteiger partial charge in [0.05, 0.1) is 7.11 Å². The third-order valence-electron chi connectivity index (χ3n) is 1.93. The highest BCUT2D eigenvalue weighted by atomic mass is 16.5. The Morgan fingerprint density at radius 1 is 1.53 bits per heavy atom. The van der Waals surface area contributed by atoms with E-state index >= 15 is 0 Å². The molecule has 80 valence electrons. The van der Waals surface area contributed by atoms with E-state index in [1.165, 1.54) is 24.3 Å². The molecule has 0 bridgehead atoms. The summed E-state index contributed by atoms with van der Waals surface area (Å²) in [6.45, 7) is 2.75. The van der Waals surface area contributed by atoms with Crippen molar-refractivity contribution in [3.05, 3.63) is 47.7 Å². The molecule has 0 atom stereocenters. The predicted octanol–water partition coefficient (Wildman–Crippen LogP) is 1.77. The van der Waals surface area contributed by atoms with E-state index in [-0.39, 0.29) is 5.97 Å². The lowest BCUT2D eigenvalue weighted by atomic mass is 10.1. The number of methoxy groups -OCH3 is 1. The van der Waals surface area contributed by atoms with Crippen LogP contribution in [0.5, 0.6) is 0 Å². The number of carbonyl (C=O) groups excluding carboxylic acids is 1. The smallest absolute Gasteiger partial charge is 0.331 e. The summed E-state index contributed by atoms with van der Waals surface area (Å²) in [7, 11) is 1.35. The predicted molar refractivity (Wildman–Crippen MR) is 59.2 cm³/mol. The summed E-state index contributed by atoms with van der Waals surface area (Å²) in [5, 5.41) is 3.01. The summed E-state index contributed by atoms with van der Waals surface area (Å²) < 4.78 is 4.46. The first-order chi connectivity index (χ1) is 7.22. The van der Waals surface area contributed by atoms with E-state index in [1.807, 2.05) is 25.1 Å². The molecule has 0 aromatic heterocycles. The SMILES string of the molecule is COC(=O)/C=C/NCc1cccc(C)c1. The standard InChI is InChI=1S/C12H15NO2/c1-10-4-3-5-11(8-10)9-13-7-6-12(14)15-2/h3-8,13H,9H2,1-2H3/b7-6+. The lowest BCUT2D eigenvalue weighted by molar-refractivity contribution is -0.134. The fourth-order valence-corrected chi connectivity index (χ4v) is 1.19. The number of aryl methyl sites for hydroxylation is 1. The summed E-state index contributed by atoms with van der Waals surface area (Å²) >= 11 is 0. The van der Waals surface area contributed by atoms with Gasteiger partial charge < -0.3 is 10.1 Å². The van der Waals surface area contributed by atoms with Crippen LogP contribution in [0.3, 0.4) is 0 Å². The van der Waals surface area contributed by atoms with E-state index in [0.717, 1.165) is 0 Å². The van der Waals surface area contributed by atoms with Gasteiger partial charge in [0, 0.05) is 18.8 Å². The third kappa shape index (κ3) is 4.31. The van der Waals surface area contributed by atoms with Gasteiger partial charge in [-0.3, -0.25) is 0 Å². The first-order valence-electron chi connectivity index (χ1n) is 4.76. The fraction of sp³-hybridized carbons (Fsp3) is 0.250. The van der Waals surface area contributed by atoms with Crippen molar-refractivity contribution < 1.29 is 9.53 Å². The molecule has 0 aliphatic carbocycles. The number of hydrogen-bond donors (Lipinski definition) is 1. The molecule has 0 aliphatic rings. The van der Waals surface area contributed by atoms with Crippen LogP contribution in [0, 0.1) is 6.92 Å². The zero-order valence-corrected chi connectivity index (χ0v) is 8.99. The molecular weight excluding hydrogens is 190 g/mol. The molecule has 0 heterocycles. The van der Waals surface area contributed by atoms with Crippen molar-refractivity contribution >= 4 is 5.97 Å². The largest absolute Gasteiger partial charge is 0.466 e. The van der Waals surface area contributed by atoms with Crippen molar-refractivity contribution in [2.24, 2.45) is 0 Å². The minimum absolute atomic E-state index is 0.355. The zero-order valence-electron chi connectivity index (χ0n) is 8.99. The Labute approximate surface area is 89.8 Å². The van der Waals surface area contributed by atoms with Gasteiger partial charge in [0.2, 0.25) is 0 Å². The van der Waals surface area contributed by atoms with Crippen LogP contribution in [0.1, 0.15) is 11.1 Å². The molecule has 15 heavy (non-hydrogen) atoms. The van der Waals surface area contributed by atoms with Gasteiger partial charge in [-0.1, -0.05) is 29.8 Å². The summed E-state index contributed by atoms with van der Waals surface area (Å²) in [5.74, 6) is -0.355. The van der Waals surface area contributed by atoms with Gasteiger partial charge in [-0.2, -0.15) is 0 Å². The summed E-state index contributed by atoms with van der Waals surface area (Å²) in [6.07, 6.45) is 2.95. The number of ether oxygens (including phenoxy) is 1. The van der Waals surface area contributed by atoms with E-state index < -0.39 is 0 Å². The quantitative estimate of drug-likeness (QED) is 0.601. The molecule has 1 aromatic rings. The van der Waals surface area contributed by atoms with Crippen LogP contribution in [0.15, 0.2) is 36.5 Å². The Hall–Kier alpha value is -1.77. The van der Waals surface area contributed by atoms with Crippen LogP contribution in [-0.2, 0) is 16.1 Å². The Morgan fingerprint density at radius 3 is 3.00 bits per heavy atom. The molecule has 3 nitrogen and oxygen atoms in total. The van der Waals surface area contributed by atoms with Crippen LogP contribution in [0.25, 0.3) is 0 Å². The number of rotatable bonds is 4. The molecule has 0 spiro atoms. The summed E-state index contributed by atoms with van der Waals surface area (Å²) in [6, 6.07) is 8.19. The molecule has 1 N–H and O–H groups in total. The molecule has 0 saturated carbocycles. The minimum Gasteiger partial charge on any atom is -0.466 e. The van der Waals surface area contributed by atoms with Crippen LogP contribution < -0.4 is 5.32 Å². The van der Waals surface area contributed by atoms with Crippen molar-refractivity contribution in [3.63, 3.8) is 0 Å². The van der Waals surface area contributed by atoms with Gasteiger partial charge in [-0.15, -0.1) is 0 Å². The fourth-order valence-electron chi connectivity index (χ4n) is 1.19. The van der Waals surface area contributed by atoms with Crippen molar-refractivity contribution in [2.45, 2.75) is 13.5 Å². The van der Waals surface area contributed by atoms with E-state index in [1.54, 1.807) is 6.20 Å². The van der Waals surface area contributed by atoms with Crippen LogP contribution in [0.4, 0.5) is 0 Å². The Balaban J connectivity index is 2.38. The lowest BCUT2D eigenvalue weighted by Gasteiger charge is -2.01. The topological polar surface area (TPSA) is 38.3 Å². The van der Waals surface area contributed by atoms with Gasteiger partial charge in [0.15, 0.2) is 0 Å². The van der Waals surface area contributed by atoms with Gasteiger partial charge in [-0.25, -0.2) is 4.79 Å². The number of esters is 1. The maximum atomic E-state index is 10.7. The number of nitrogens with one attached hydrogen (secondary N) is 1. The molecule has 0 fully saturated rings. The number of hydrogen-bond acceptors (Lipinski definition) is 3. The second kappa shape index (κ2) is 5.86. The number of benzene rings is 1. The van der Waals surface area contributed by atoms with Crippen molar-refractivity contribution in [1.29, 1.82) is 0 Å². The molecule has 0 amide bonds. The van der Waals surface area contributed by atoms with Crippen molar-refractivity contribution in [3.8, 4) is 0 Å². The maximum absolute atomic E-state index is 10.7. The molecule has 1 aromatic carbocycles. The Bertz CT molecular complexity index is 358. The normalized spacial score (nSPS) is 10.3. The highest BCUT2D eigenvalue weighted by Gasteiger charge is 1.91. The Morgan fingerprint density at radius 2 is 2.33 bits per heavy atom. The molecule has 0 radical (unpaired) electrons. The first-order valence-corrected chi connectivity index (χ1v) is 4.76. The summed E-state index contributed by atoms with van der Waals surface area (Å²) in [4.78, 5) is 10.7. The van der Waals surface area contributed by atoms with Crippen LogP contribution in [0.2, 0.25) is 0 Å². The van der Waals surface area contributed by atoms with Crippen molar-refractivity contribution in [1.82, 2.24) is 5.32 Å². The highest BCUT2D eigenvalue weighted by Crippen LogP contribution is 2.02. The molecule has 1 rings (SSSR count). The van der Waals surface area contributed by atoms with Gasteiger partial charge in [0.25, 0.3) is 0 Å². The molecule has 0 saturated heterocycles. The van der Waals surface area contributed by atoms with Crippen LogP contribution in [-0.4, -0.2) is 13.1 Å². The Kier molecular flexibility index (Phi) is 4.41. The molecule has 0 unspecified atom stereocenters. The number of carbonyl (C=O) groups is 1. The van der Waals surface area contributed by atoms with Gasteiger partial charge in [-0.05, 0) is 12.5 Å². The molecule has 3 heteroatoms. The van der Waals surface area contributed by atoms with E-state index in [0.29, 0.717) is 6.54 Å². The van der Waals surface area contributed by atoms with E-state index in [4.69, 9.17) is 0 Å². The average molecular weight is 205 g/mol. The second-order valence-corrected chi connectivity index (χ2v) is 3.23. The third-order valence-corrected chi connectivity index (χ3v) is 1.93. The minimum atomic E-state index is -0.355. The average Bonchev–Trinajstić information content (AvgIpc) is 2.24.